The quantitative estimate of drug-likeness (QED) is 0.776. The van der Waals surface area contributed by atoms with Crippen molar-refractivity contribution in [2.24, 2.45) is 5.73 Å². The van der Waals surface area contributed by atoms with E-state index in [1.807, 2.05) is 6.92 Å². The molecule has 1 aliphatic heterocycles. The molecule has 0 saturated carbocycles. The molecule has 2 atom stereocenters. The Morgan fingerprint density at radius 1 is 1.04 bits per heavy atom. The lowest BCUT2D eigenvalue weighted by Gasteiger charge is -2.16. The monoisotopic (exact) mass is 353 g/mol. The van der Waals surface area contributed by atoms with Gasteiger partial charge in [0.05, 0.1) is 5.52 Å². The minimum atomic E-state index is 0. The van der Waals surface area contributed by atoms with Crippen LogP contribution in [0.15, 0.2) is 60.7 Å². The molecule has 4 heteroatoms. The molecule has 4 rings (SSSR count). The third-order valence-corrected chi connectivity index (χ3v) is 4.97. The van der Waals surface area contributed by atoms with E-state index in [4.69, 9.17) is 5.73 Å². The Kier molecular flexibility index (Phi) is 5.38. The van der Waals surface area contributed by atoms with Gasteiger partial charge in [-0.2, -0.15) is 0 Å². The van der Waals surface area contributed by atoms with Gasteiger partial charge in [-0.3, -0.25) is 9.88 Å². The Balaban J connectivity index is 0.00000182. The summed E-state index contributed by atoms with van der Waals surface area (Å²) >= 11 is 0. The van der Waals surface area contributed by atoms with Crippen molar-refractivity contribution in [1.82, 2.24) is 9.88 Å². The molecule has 3 nitrogen and oxygen atoms in total. The highest BCUT2D eigenvalue weighted by atomic mass is 35.5. The third-order valence-electron chi connectivity index (χ3n) is 4.97. The maximum atomic E-state index is 6.41. The van der Waals surface area contributed by atoms with Crippen LogP contribution >= 0.6 is 12.4 Å². The number of hydrogen-bond donors (Lipinski definition) is 1. The summed E-state index contributed by atoms with van der Waals surface area (Å²) in [5.74, 6) is 0.427. The molecule has 0 bridgehead atoms. The van der Waals surface area contributed by atoms with Crippen molar-refractivity contribution >= 4 is 23.3 Å². The molecule has 1 saturated heterocycles. The topological polar surface area (TPSA) is 42.1 Å². The van der Waals surface area contributed by atoms with Gasteiger partial charge in [-0.25, -0.2) is 0 Å². The van der Waals surface area contributed by atoms with Gasteiger partial charge in [-0.05, 0) is 36.2 Å². The zero-order valence-electron chi connectivity index (χ0n) is 14.4. The average molecular weight is 354 g/mol. The summed E-state index contributed by atoms with van der Waals surface area (Å²) in [6.07, 6.45) is 0. The summed E-state index contributed by atoms with van der Waals surface area (Å²) in [5.41, 5.74) is 11.2. The molecule has 0 spiro atoms. The van der Waals surface area contributed by atoms with E-state index in [2.05, 4.69) is 70.5 Å². The van der Waals surface area contributed by atoms with Crippen molar-refractivity contribution in [3.63, 3.8) is 0 Å². The first-order valence-corrected chi connectivity index (χ1v) is 8.58. The van der Waals surface area contributed by atoms with Crippen molar-refractivity contribution < 1.29 is 0 Å². The number of aromatic nitrogens is 1. The predicted octanol–water partition coefficient (Wildman–Crippen LogP) is 3.89. The Bertz CT molecular complexity index is 850. The number of likely N-dealkylation sites (tertiary alicyclic amines) is 1. The van der Waals surface area contributed by atoms with Crippen molar-refractivity contribution in [3.05, 3.63) is 77.5 Å². The van der Waals surface area contributed by atoms with Crippen molar-refractivity contribution in [1.29, 1.82) is 0 Å². The van der Waals surface area contributed by atoms with Gasteiger partial charge in [0.15, 0.2) is 0 Å². The minimum absolute atomic E-state index is 0. The minimum Gasteiger partial charge on any atom is -0.326 e. The molecular weight excluding hydrogens is 330 g/mol. The molecule has 1 aromatic heterocycles. The van der Waals surface area contributed by atoms with Gasteiger partial charge in [-0.1, -0.05) is 42.5 Å². The van der Waals surface area contributed by atoms with Crippen LogP contribution in [0.2, 0.25) is 0 Å². The van der Waals surface area contributed by atoms with Crippen LogP contribution in [-0.2, 0) is 6.54 Å². The number of nitrogens with zero attached hydrogens (tertiary/aromatic N) is 2. The van der Waals surface area contributed by atoms with E-state index in [9.17, 15) is 0 Å². The summed E-state index contributed by atoms with van der Waals surface area (Å²) in [7, 11) is 0. The summed E-state index contributed by atoms with van der Waals surface area (Å²) in [6.45, 7) is 4.95. The van der Waals surface area contributed by atoms with E-state index in [1.54, 1.807) is 0 Å². The van der Waals surface area contributed by atoms with Crippen LogP contribution in [-0.4, -0.2) is 29.0 Å². The highest BCUT2D eigenvalue weighted by Crippen LogP contribution is 2.27. The summed E-state index contributed by atoms with van der Waals surface area (Å²) in [5, 5.41) is 1.21. The van der Waals surface area contributed by atoms with Crippen molar-refractivity contribution in [2.75, 3.05) is 13.1 Å². The molecule has 1 fully saturated rings. The first kappa shape index (κ1) is 17.9. The van der Waals surface area contributed by atoms with Gasteiger partial charge >= 0.3 is 0 Å². The van der Waals surface area contributed by atoms with E-state index in [-0.39, 0.29) is 18.4 Å². The second-order valence-corrected chi connectivity index (χ2v) is 6.85. The zero-order valence-corrected chi connectivity index (χ0v) is 15.2. The lowest BCUT2D eigenvalue weighted by Crippen LogP contribution is -2.28. The number of aryl methyl sites for hydroxylation is 1. The number of nitrogens with two attached hydrogens (primary N) is 1. The molecule has 0 radical (unpaired) electrons. The molecule has 0 aliphatic carbocycles. The molecule has 2 N–H and O–H groups in total. The van der Waals surface area contributed by atoms with Crippen LogP contribution in [0.5, 0.6) is 0 Å². The Hall–Kier alpha value is -1.94. The predicted molar refractivity (Wildman–Crippen MR) is 106 cm³/mol. The van der Waals surface area contributed by atoms with Crippen LogP contribution < -0.4 is 5.73 Å². The fourth-order valence-electron chi connectivity index (χ4n) is 3.73. The number of halogens is 1. The maximum Gasteiger partial charge on any atom is 0.0705 e. The van der Waals surface area contributed by atoms with Crippen LogP contribution in [0.4, 0.5) is 0 Å². The van der Waals surface area contributed by atoms with Gasteiger partial charge < -0.3 is 5.73 Å². The second-order valence-electron chi connectivity index (χ2n) is 6.85. The Labute approximate surface area is 155 Å². The molecule has 2 aromatic carbocycles. The molecule has 2 heterocycles. The largest absolute Gasteiger partial charge is 0.326 e. The number of pyridine rings is 1. The highest BCUT2D eigenvalue weighted by molar-refractivity contribution is 5.85. The lowest BCUT2D eigenvalue weighted by molar-refractivity contribution is 0.324. The third kappa shape index (κ3) is 3.84. The molecule has 1 aliphatic rings. The molecule has 130 valence electrons. The van der Waals surface area contributed by atoms with Crippen LogP contribution in [0.3, 0.4) is 0 Å². The Morgan fingerprint density at radius 2 is 1.84 bits per heavy atom. The standard InChI is InChI=1S/C21H23N3.ClH/c1-15-7-9-18-11-16(8-10-21(18)23-15)12-24-13-19(20(22)14-24)17-5-3-2-4-6-17;/h2-11,19-20H,12-14,22H2,1H3;1H/t19-,20+;/m0./s1. The van der Waals surface area contributed by atoms with Gasteiger partial charge in [0.1, 0.15) is 0 Å². The number of hydrogen-bond acceptors (Lipinski definition) is 3. The van der Waals surface area contributed by atoms with E-state index in [0.29, 0.717) is 5.92 Å². The van der Waals surface area contributed by atoms with E-state index < -0.39 is 0 Å². The second kappa shape index (κ2) is 7.52. The van der Waals surface area contributed by atoms with Gasteiger partial charge in [0, 0.05) is 42.7 Å². The lowest BCUT2D eigenvalue weighted by atomic mass is 9.95. The Morgan fingerprint density at radius 3 is 2.64 bits per heavy atom. The molecule has 0 amide bonds. The summed E-state index contributed by atoms with van der Waals surface area (Å²) in [4.78, 5) is 7.04. The molecular formula is C21H24ClN3. The van der Waals surface area contributed by atoms with E-state index in [1.165, 1.54) is 16.5 Å². The highest BCUT2D eigenvalue weighted by Gasteiger charge is 2.30. The molecule has 0 unspecified atom stereocenters. The van der Waals surface area contributed by atoms with Crippen molar-refractivity contribution in [3.8, 4) is 0 Å². The first-order valence-electron chi connectivity index (χ1n) is 8.58. The van der Waals surface area contributed by atoms with E-state index >= 15 is 0 Å². The SMILES string of the molecule is Cc1ccc2cc(CN3C[C@@H](N)[C@H](c4ccccc4)C3)ccc2n1.Cl. The smallest absolute Gasteiger partial charge is 0.0705 e. The van der Waals surface area contributed by atoms with Gasteiger partial charge in [-0.15, -0.1) is 12.4 Å². The number of benzene rings is 2. The van der Waals surface area contributed by atoms with E-state index in [0.717, 1.165) is 30.8 Å². The fourth-order valence-corrected chi connectivity index (χ4v) is 3.73. The molecule has 3 aromatic rings. The number of fused-ring (bicyclic) bond motifs is 1. The summed E-state index contributed by atoms with van der Waals surface area (Å²) in [6, 6.07) is 21.7. The van der Waals surface area contributed by atoms with Gasteiger partial charge in [0.25, 0.3) is 0 Å². The first-order chi connectivity index (χ1) is 11.7. The average Bonchev–Trinajstić information content (AvgIpc) is 2.96. The zero-order chi connectivity index (χ0) is 16.5. The van der Waals surface area contributed by atoms with Crippen LogP contribution in [0.1, 0.15) is 22.7 Å². The normalized spacial score (nSPS) is 20.6. The van der Waals surface area contributed by atoms with Crippen molar-refractivity contribution in [2.45, 2.75) is 25.4 Å². The van der Waals surface area contributed by atoms with Gasteiger partial charge in [0.2, 0.25) is 0 Å². The van der Waals surface area contributed by atoms with Crippen LogP contribution in [0, 0.1) is 6.92 Å². The number of rotatable bonds is 3. The fraction of sp³-hybridized carbons (Fsp3) is 0.286. The van der Waals surface area contributed by atoms with Crippen LogP contribution in [0.25, 0.3) is 10.9 Å². The summed E-state index contributed by atoms with van der Waals surface area (Å²) < 4.78 is 0. The maximum absolute atomic E-state index is 6.41. The molecule has 25 heavy (non-hydrogen) atoms.